The summed E-state index contributed by atoms with van der Waals surface area (Å²) < 4.78 is 2.75. The molecule has 0 aliphatic carbocycles. The van der Waals surface area contributed by atoms with Crippen LogP contribution in [0.15, 0.2) is 12.1 Å². The highest BCUT2D eigenvalue weighted by Crippen LogP contribution is 2.35. The number of rotatable bonds is 4. The fourth-order valence-electron chi connectivity index (χ4n) is 3.40. The highest BCUT2D eigenvalue weighted by Gasteiger charge is 2.16. The summed E-state index contributed by atoms with van der Waals surface area (Å²) in [5.74, 6) is 0. The standard InChI is InChI=1S/C18H22I2/c1-5-11-12(6-2)14(8-4)16-10-18(20)17(19)9-15(16)13(11)7-3/h9-10H,5-8H2,1-4H3. The van der Waals surface area contributed by atoms with Crippen LogP contribution in [0.25, 0.3) is 10.8 Å². The molecule has 0 bridgehead atoms. The van der Waals surface area contributed by atoms with Crippen molar-refractivity contribution in [2.45, 2.75) is 53.4 Å². The predicted molar refractivity (Wildman–Crippen MR) is 107 cm³/mol. The Morgan fingerprint density at radius 1 is 0.600 bits per heavy atom. The maximum Gasteiger partial charge on any atom is 0.0270 e. The minimum absolute atomic E-state index is 1.13. The topological polar surface area (TPSA) is 0 Å². The van der Waals surface area contributed by atoms with Crippen LogP contribution in [-0.2, 0) is 25.7 Å². The van der Waals surface area contributed by atoms with Gasteiger partial charge in [0, 0.05) is 7.14 Å². The summed E-state index contributed by atoms with van der Waals surface area (Å²) in [6.45, 7) is 9.20. The number of benzene rings is 2. The maximum absolute atomic E-state index is 2.46. The van der Waals surface area contributed by atoms with Crippen LogP contribution in [0.4, 0.5) is 0 Å². The summed E-state index contributed by atoms with van der Waals surface area (Å²) >= 11 is 4.93. The van der Waals surface area contributed by atoms with Crippen LogP contribution in [0.1, 0.15) is 49.9 Å². The third-order valence-electron chi connectivity index (χ3n) is 4.22. The molecule has 0 aliphatic heterocycles. The van der Waals surface area contributed by atoms with Crippen molar-refractivity contribution >= 4 is 56.0 Å². The van der Waals surface area contributed by atoms with Gasteiger partial charge in [-0.2, -0.15) is 0 Å². The highest BCUT2D eigenvalue weighted by molar-refractivity contribution is 14.1. The summed E-state index contributed by atoms with van der Waals surface area (Å²) in [5.41, 5.74) is 6.37. The van der Waals surface area contributed by atoms with E-state index in [1.54, 1.807) is 22.3 Å². The molecule has 2 heteroatoms. The molecule has 0 aliphatic rings. The van der Waals surface area contributed by atoms with Crippen LogP contribution in [0, 0.1) is 7.14 Å². The molecular weight excluding hydrogens is 470 g/mol. The van der Waals surface area contributed by atoms with Gasteiger partial charge in [0.2, 0.25) is 0 Å². The van der Waals surface area contributed by atoms with E-state index in [1.165, 1.54) is 17.9 Å². The van der Waals surface area contributed by atoms with E-state index >= 15 is 0 Å². The summed E-state index contributed by atoms with van der Waals surface area (Å²) in [5, 5.41) is 2.98. The second-order valence-electron chi connectivity index (χ2n) is 5.14. The molecule has 2 aromatic rings. The third-order valence-corrected chi connectivity index (χ3v) is 7.03. The van der Waals surface area contributed by atoms with Crippen molar-refractivity contribution < 1.29 is 0 Å². The number of aryl methyl sites for hydroxylation is 2. The van der Waals surface area contributed by atoms with Gasteiger partial charge in [-0.1, -0.05) is 27.7 Å². The van der Waals surface area contributed by atoms with Crippen molar-refractivity contribution in [2.24, 2.45) is 0 Å². The van der Waals surface area contributed by atoms with Crippen molar-refractivity contribution in [1.29, 1.82) is 0 Å². The van der Waals surface area contributed by atoms with E-state index in [1.807, 2.05) is 0 Å². The van der Waals surface area contributed by atoms with Crippen LogP contribution in [0.5, 0.6) is 0 Å². The average molecular weight is 492 g/mol. The molecule has 108 valence electrons. The molecule has 0 spiro atoms. The minimum atomic E-state index is 1.13. The van der Waals surface area contributed by atoms with Gasteiger partial charge in [0.25, 0.3) is 0 Å². The molecule has 0 heterocycles. The van der Waals surface area contributed by atoms with Gasteiger partial charge in [-0.25, -0.2) is 0 Å². The number of fused-ring (bicyclic) bond motifs is 1. The van der Waals surface area contributed by atoms with Crippen LogP contribution in [0.2, 0.25) is 0 Å². The fourth-order valence-corrected chi connectivity index (χ4v) is 4.33. The molecule has 0 amide bonds. The van der Waals surface area contributed by atoms with Crippen molar-refractivity contribution in [3.05, 3.63) is 41.5 Å². The highest BCUT2D eigenvalue weighted by atomic mass is 127. The first-order valence-electron chi connectivity index (χ1n) is 7.53. The quantitative estimate of drug-likeness (QED) is 0.440. The lowest BCUT2D eigenvalue weighted by Gasteiger charge is -2.21. The van der Waals surface area contributed by atoms with Gasteiger partial charge in [-0.15, -0.1) is 0 Å². The molecular formula is C18H22I2. The minimum Gasteiger partial charge on any atom is -0.0613 e. The van der Waals surface area contributed by atoms with Gasteiger partial charge in [0.15, 0.2) is 0 Å². The lowest BCUT2D eigenvalue weighted by Crippen LogP contribution is -2.05. The van der Waals surface area contributed by atoms with Gasteiger partial charge in [0.05, 0.1) is 0 Å². The molecule has 20 heavy (non-hydrogen) atoms. The van der Waals surface area contributed by atoms with Crippen LogP contribution in [-0.4, -0.2) is 0 Å². The molecule has 2 aromatic carbocycles. The van der Waals surface area contributed by atoms with E-state index in [2.05, 4.69) is 85.0 Å². The molecule has 0 radical (unpaired) electrons. The molecule has 0 nitrogen and oxygen atoms in total. The van der Waals surface area contributed by atoms with Crippen LogP contribution in [0.3, 0.4) is 0 Å². The molecule has 0 fully saturated rings. The lowest BCUT2D eigenvalue weighted by molar-refractivity contribution is 0.960. The molecule has 0 atom stereocenters. The van der Waals surface area contributed by atoms with Gasteiger partial charge >= 0.3 is 0 Å². The van der Waals surface area contributed by atoms with E-state index in [0.29, 0.717) is 0 Å². The molecule has 0 N–H and O–H groups in total. The van der Waals surface area contributed by atoms with E-state index in [9.17, 15) is 0 Å². The van der Waals surface area contributed by atoms with Gasteiger partial charge < -0.3 is 0 Å². The fraction of sp³-hybridized carbons (Fsp3) is 0.444. The molecule has 0 saturated carbocycles. The average Bonchev–Trinajstić information content (AvgIpc) is 2.46. The largest absolute Gasteiger partial charge is 0.0613 e. The Bertz CT molecular complexity index is 585. The summed E-state index contributed by atoms with van der Waals surface area (Å²) in [7, 11) is 0. The Balaban J connectivity index is 3.01. The zero-order valence-electron chi connectivity index (χ0n) is 12.7. The SMILES string of the molecule is CCc1c(CC)c(CC)c2cc(I)c(I)cc2c1CC. The van der Waals surface area contributed by atoms with E-state index < -0.39 is 0 Å². The van der Waals surface area contributed by atoms with Gasteiger partial charge in [-0.05, 0) is 116 Å². The van der Waals surface area contributed by atoms with Crippen LogP contribution >= 0.6 is 45.2 Å². The van der Waals surface area contributed by atoms with E-state index in [0.717, 1.165) is 25.7 Å². The Hall–Kier alpha value is 0.160. The van der Waals surface area contributed by atoms with Crippen LogP contribution < -0.4 is 0 Å². The maximum atomic E-state index is 2.46. The first-order chi connectivity index (χ1) is 9.58. The Morgan fingerprint density at radius 3 is 1.15 bits per heavy atom. The van der Waals surface area contributed by atoms with Crippen molar-refractivity contribution in [2.75, 3.05) is 0 Å². The van der Waals surface area contributed by atoms with Crippen molar-refractivity contribution in [3.63, 3.8) is 0 Å². The van der Waals surface area contributed by atoms with E-state index in [4.69, 9.17) is 0 Å². The third kappa shape index (κ3) is 2.74. The van der Waals surface area contributed by atoms with Crippen molar-refractivity contribution in [1.82, 2.24) is 0 Å². The Morgan fingerprint density at radius 2 is 0.900 bits per heavy atom. The number of halogens is 2. The Kier molecular flexibility index (Phi) is 5.74. The second kappa shape index (κ2) is 6.95. The smallest absolute Gasteiger partial charge is 0.0270 e. The molecule has 2 rings (SSSR count). The number of hydrogen-bond acceptors (Lipinski definition) is 0. The first kappa shape index (κ1) is 16.5. The van der Waals surface area contributed by atoms with Gasteiger partial charge in [0.1, 0.15) is 0 Å². The summed E-state index contributed by atoms with van der Waals surface area (Å²) in [6.07, 6.45) is 4.57. The van der Waals surface area contributed by atoms with Crippen molar-refractivity contribution in [3.8, 4) is 0 Å². The summed E-state index contributed by atoms with van der Waals surface area (Å²) in [4.78, 5) is 0. The molecule has 0 unspecified atom stereocenters. The van der Waals surface area contributed by atoms with E-state index in [-0.39, 0.29) is 0 Å². The molecule has 0 saturated heterocycles. The predicted octanol–water partition coefficient (Wildman–Crippen LogP) is 6.30. The second-order valence-corrected chi connectivity index (χ2v) is 7.46. The summed E-state index contributed by atoms with van der Waals surface area (Å²) in [6, 6.07) is 4.79. The Labute approximate surface area is 150 Å². The van der Waals surface area contributed by atoms with Gasteiger partial charge in [-0.3, -0.25) is 0 Å². The zero-order chi connectivity index (χ0) is 14.9. The first-order valence-corrected chi connectivity index (χ1v) is 9.68. The lowest BCUT2D eigenvalue weighted by atomic mass is 9.85. The molecule has 0 aromatic heterocycles. The normalized spacial score (nSPS) is 11.3. The number of hydrogen-bond donors (Lipinski definition) is 0. The monoisotopic (exact) mass is 492 g/mol. The zero-order valence-corrected chi connectivity index (χ0v) is 17.1.